The lowest BCUT2D eigenvalue weighted by atomic mass is 9.88. The summed E-state index contributed by atoms with van der Waals surface area (Å²) in [6.07, 6.45) is 5.68. The van der Waals surface area contributed by atoms with E-state index in [9.17, 15) is 27.2 Å². The summed E-state index contributed by atoms with van der Waals surface area (Å²) in [7, 11) is -4.36. The van der Waals surface area contributed by atoms with Crippen molar-refractivity contribution in [1.29, 1.82) is 0 Å². The number of halogens is 4. The molecule has 4 fully saturated rings. The third-order valence-electron chi connectivity index (χ3n) is 12.8. The van der Waals surface area contributed by atoms with Gasteiger partial charge in [-0.2, -0.15) is 12.7 Å². The molecule has 0 unspecified atom stereocenters. The van der Waals surface area contributed by atoms with Crippen molar-refractivity contribution in [2.24, 2.45) is 5.92 Å². The number of alkyl halides is 1. The molecular weight excluding hydrogens is 841 g/mol. The van der Waals surface area contributed by atoms with Crippen LogP contribution in [0.2, 0.25) is 0 Å². The second-order valence-corrected chi connectivity index (χ2v) is 18.5. The highest BCUT2D eigenvalue weighted by Gasteiger charge is 2.34. The zero-order chi connectivity index (χ0) is 44.0. The number of hydrogen-bond acceptors (Lipinski definition) is 8. The highest BCUT2D eigenvalue weighted by Crippen LogP contribution is 2.35. The minimum atomic E-state index is -4.36. The van der Waals surface area contributed by atoms with E-state index in [0.29, 0.717) is 22.5 Å². The predicted molar refractivity (Wildman–Crippen MR) is 230 cm³/mol. The first-order valence-corrected chi connectivity index (χ1v) is 22.7. The Labute approximate surface area is 361 Å². The number of anilines is 3. The molecule has 63 heavy (non-hydrogen) atoms. The number of urea groups is 1. The van der Waals surface area contributed by atoms with Gasteiger partial charge in [0, 0.05) is 80.3 Å². The number of carbonyl (C=O) groups excluding carboxylic acids is 3. The van der Waals surface area contributed by atoms with Gasteiger partial charge in [-0.25, -0.2) is 27.3 Å². The number of imide groups is 1. The number of nitrogens with one attached hydrogen (secondary N) is 3. The van der Waals surface area contributed by atoms with Crippen LogP contribution in [0.4, 0.5) is 39.4 Å². The molecule has 18 heteroatoms. The van der Waals surface area contributed by atoms with Crippen LogP contribution in [0.25, 0.3) is 22.2 Å². The summed E-state index contributed by atoms with van der Waals surface area (Å²) in [5, 5.41) is 2.57. The van der Waals surface area contributed by atoms with E-state index < -0.39 is 56.9 Å². The second-order valence-electron chi connectivity index (χ2n) is 16.8. The number of nitrogens with zero attached hydrogens (tertiary/aromatic N) is 5. The van der Waals surface area contributed by atoms with E-state index >= 15 is 13.2 Å². The number of aromatic nitrogens is 2. The fourth-order valence-corrected chi connectivity index (χ4v) is 10.5. The highest BCUT2D eigenvalue weighted by molar-refractivity contribution is 7.90. The quantitative estimate of drug-likeness (QED) is 0.0938. The molecule has 3 aromatic carbocycles. The normalized spacial score (nSPS) is 19.8. The number of amides is 3. The van der Waals surface area contributed by atoms with E-state index in [0.717, 1.165) is 91.7 Å². The van der Waals surface area contributed by atoms with Crippen molar-refractivity contribution in [3.8, 4) is 11.1 Å². The maximum absolute atomic E-state index is 15.7. The Kier molecular flexibility index (Phi) is 11.7. The zero-order valence-electron chi connectivity index (χ0n) is 34.3. The summed E-state index contributed by atoms with van der Waals surface area (Å²) in [5.74, 6) is -3.58. The van der Waals surface area contributed by atoms with E-state index in [1.165, 1.54) is 17.2 Å². The van der Waals surface area contributed by atoms with E-state index in [-0.39, 0.29) is 55.6 Å². The van der Waals surface area contributed by atoms with Gasteiger partial charge in [0.2, 0.25) is 11.7 Å². The SMILES string of the molecule is O=C1CCN(c2ccc(C3CCN(CC4CCN(c5ccc(-c6cnc7[nH]cc(C(=O)c8c(F)ccc(NS(=O)(=O)N9CC[C@@H](F)C9)c8F)c7c6)cc5)CC4)CC3)cc2F)C(=O)N1. The van der Waals surface area contributed by atoms with E-state index in [1.807, 2.05) is 35.1 Å². The number of hydrogen-bond donors (Lipinski definition) is 3. The molecule has 6 heterocycles. The third kappa shape index (κ3) is 8.75. The maximum Gasteiger partial charge on any atom is 0.328 e. The van der Waals surface area contributed by atoms with Crippen LogP contribution in [0.5, 0.6) is 0 Å². The van der Waals surface area contributed by atoms with Gasteiger partial charge in [-0.3, -0.25) is 24.5 Å². The second kappa shape index (κ2) is 17.4. The van der Waals surface area contributed by atoms with Crippen LogP contribution < -0.4 is 19.8 Å². The van der Waals surface area contributed by atoms with E-state index in [4.69, 9.17) is 0 Å². The van der Waals surface area contributed by atoms with Crippen LogP contribution in [0.1, 0.15) is 65.9 Å². The van der Waals surface area contributed by atoms with Gasteiger partial charge in [-0.05, 0) is 111 Å². The molecule has 0 radical (unpaired) electrons. The van der Waals surface area contributed by atoms with Gasteiger partial charge in [0.15, 0.2) is 5.82 Å². The Morgan fingerprint density at radius 1 is 0.841 bits per heavy atom. The van der Waals surface area contributed by atoms with Crippen molar-refractivity contribution in [2.45, 2.75) is 50.6 Å². The fourth-order valence-electron chi connectivity index (χ4n) is 9.28. The number of rotatable bonds is 11. The molecule has 9 rings (SSSR count). The molecule has 330 valence electrons. The summed E-state index contributed by atoms with van der Waals surface area (Å²) in [6.45, 7) is 4.36. The Morgan fingerprint density at radius 2 is 1.60 bits per heavy atom. The molecule has 2 aromatic heterocycles. The van der Waals surface area contributed by atoms with Crippen molar-refractivity contribution in [3.63, 3.8) is 0 Å². The Balaban J connectivity index is 0.793. The van der Waals surface area contributed by atoms with Gasteiger partial charge in [0.05, 0.1) is 16.9 Å². The first-order chi connectivity index (χ1) is 30.3. The molecule has 13 nitrogen and oxygen atoms in total. The number of aromatic amines is 1. The van der Waals surface area contributed by atoms with Crippen molar-refractivity contribution in [2.75, 3.05) is 66.9 Å². The third-order valence-corrected chi connectivity index (χ3v) is 14.3. The summed E-state index contributed by atoms with van der Waals surface area (Å²) in [5.41, 5.74) is 2.40. The van der Waals surface area contributed by atoms with E-state index in [2.05, 4.69) is 25.1 Å². The minimum Gasteiger partial charge on any atom is -0.372 e. The Bertz CT molecular complexity index is 2680. The number of ketones is 1. The van der Waals surface area contributed by atoms with Gasteiger partial charge in [0.25, 0.3) is 0 Å². The zero-order valence-corrected chi connectivity index (χ0v) is 35.1. The number of likely N-dealkylation sites (tertiary alicyclic amines) is 1. The molecular formula is C45H46F4N8O5S. The lowest BCUT2D eigenvalue weighted by Gasteiger charge is -2.38. The van der Waals surface area contributed by atoms with Crippen LogP contribution in [-0.4, -0.2) is 104 Å². The number of carbonyl (C=O) groups is 3. The van der Waals surface area contributed by atoms with Crippen LogP contribution in [0.15, 0.2) is 73.1 Å². The van der Waals surface area contributed by atoms with Crippen molar-refractivity contribution in [1.82, 2.24) is 24.5 Å². The largest absolute Gasteiger partial charge is 0.372 e. The molecule has 3 amide bonds. The number of benzene rings is 3. The predicted octanol–water partition coefficient (Wildman–Crippen LogP) is 7.12. The number of pyridine rings is 1. The molecule has 5 aromatic rings. The Morgan fingerprint density at radius 3 is 2.30 bits per heavy atom. The maximum atomic E-state index is 15.7. The first-order valence-electron chi connectivity index (χ1n) is 21.2. The monoisotopic (exact) mass is 886 g/mol. The standard InChI is InChI=1S/C45H46F4N8O5S/c46-32-13-19-56(26-32)63(61,62)53-38-7-6-36(47)41(42(38)49)43(59)35-24-51-44-34(35)21-31(23-50-44)28-1-4-33(5-2-28)55-17-9-27(10-18-55)25-54-15-11-29(12-16-54)30-3-8-39(37(48)22-30)57-20-14-40(58)52-45(57)60/h1-8,21-24,27,29,32,53H,9-20,25-26H2,(H,50,51)(H,52,58,60)/t32-/m1/s1. The molecule has 4 aliphatic rings. The molecule has 0 aliphatic carbocycles. The highest BCUT2D eigenvalue weighted by atomic mass is 32.2. The van der Waals surface area contributed by atoms with Gasteiger partial charge in [0.1, 0.15) is 23.5 Å². The van der Waals surface area contributed by atoms with Crippen molar-refractivity contribution in [3.05, 3.63) is 107 Å². The van der Waals surface area contributed by atoms with E-state index in [1.54, 1.807) is 18.3 Å². The lowest BCUT2D eigenvalue weighted by Crippen LogP contribution is -2.49. The molecule has 0 saturated carbocycles. The van der Waals surface area contributed by atoms with Gasteiger partial charge in [-0.15, -0.1) is 0 Å². The average molecular weight is 887 g/mol. The number of fused-ring (bicyclic) bond motifs is 1. The Hall–Kier alpha value is -5.85. The van der Waals surface area contributed by atoms with Crippen LogP contribution in [0.3, 0.4) is 0 Å². The number of piperidine rings is 2. The molecule has 1 atom stereocenters. The molecule has 0 bridgehead atoms. The van der Waals surface area contributed by atoms with Crippen molar-refractivity contribution >= 4 is 56.0 Å². The van der Waals surface area contributed by atoms with Crippen molar-refractivity contribution < 1.29 is 40.4 Å². The number of H-pyrrole nitrogens is 1. The van der Waals surface area contributed by atoms with Crippen LogP contribution >= 0.6 is 0 Å². The summed E-state index contributed by atoms with van der Waals surface area (Å²) in [4.78, 5) is 50.9. The van der Waals surface area contributed by atoms with Gasteiger partial charge in [-0.1, -0.05) is 18.2 Å². The smallest absolute Gasteiger partial charge is 0.328 e. The summed E-state index contributed by atoms with van der Waals surface area (Å²) >= 11 is 0. The molecule has 4 saturated heterocycles. The average Bonchev–Trinajstić information content (AvgIpc) is 3.92. The van der Waals surface area contributed by atoms with Crippen LogP contribution in [-0.2, 0) is 15.0 Å². The molecule has 4 aliphatic heterocycles. The molecule has 3 N–H and O–H groups in total. The fraction of sp³-hybridized carbons (Fsp3) is 0.378. The van der Waals surface area contributed by atoms with Crippen LogP contribution in [0, 0.1) is 23.4 Å². The minimum absolute atomic E-state index is 0.00222. The first kappa shape index (κ1) is 42.5. The topological polar surface area (TPSA) is 151 Å². The van der Waals surface area contributed by atoms with Gasteiger partial charge >= 0.3 is 16.2 Å². The van der Waals surface area contributed by atoms with Gasteiger partial charge < -0.3 is 14.8 Å². The summed E-state index contributed by atoms with van der Waals surface area (Å²) < 4.78 is 88.2. The summed E-state index contributed by atoms with van der Waals surface area (Å²) in [6, 6.07) is 15.9. The lowest BCUT2D eigenvalue weighted by molar-refractivity contribution is -0.120. The molecule has 0 spiro atoms.